The van der Waals surface area contributed by atoms with Crippen LogP contribution < -0.4 is 0 Å². The summed E-state index contributed by atoms with van der Waals surface area (Å²) in [5.41, 5.74) is 1.90. The van der Waals surface area contributed by atoms with Gasteiger partial charge in [-0.3, -0.25) is 0 Å². The molecule has 2 aromatic carbocycles. The first kappa shape index (κ1) is 12.5. The second kappa shape index (κ2) is 4.89. The van der Waals surface area contributed by atoms with Crippen LogP contribution in [0.5, 0.6) is 0 Å². The van der Waals surface area contributed by atoms with Crippen molar-refractivity contribution < 1.29 is 13.2 Å². The van der Waals surface area contributed by atoms with Crippen LogP contribution in [0.4, 0.5) is 8.78 Å². The Morgan fingerprint density at radius 1 is 0.900 bits per heavy atom. The molecule has 0 aliphatic heterocycles. The molecule has 0 radical (unpaired) electrons. The highest BCUT2D eigenvalue weighted by Crippen LogP contribution is 2.32. The van der Waals surface area contributed by atoms with E-state index in [1.165, 1.54) is 24.3 Å². The van der Waals surface area contributed by atoms with Gasteiger partial charge >= 0.3 is 0 Å². The topological polar surface area (TPSA) is 26.0 Å². The first-order chi connectivity index (χ1) is 9.63. The van der Waals surface area contributed by atoms with E-state index in [1.54, 1.807) is 31.2 Å². The molecule has 20 heavy (non-hydrogen) atoms. The second-order valence-corrected chi connectivity index (χ2v) is 4.43. The van der Waals surface area contributed by atoms with Crippen molar-refractivity contribution in [3.8, 4) is 22.6 Å². The lowest BCUT2D eigenvalue weighted by molar-refractivity contribution is 0.533. The number of halogens is 2. The van der Waals surface area contributed by atoms with Crippen LogP contribution >= 0.6 is 0 Å². The van der Waals surface area contributed by atoms with E-state index in [4.69, 9.17) is 4.42 Å². The molecule has 1 aromatic heterocycles. The van der Waals surface area contributed by atoms with Crippen molar-refractivity contribution in [3.63, 3.8) is 0 Å². The zero-order valence-corrected chi connectivity index (χ0v) is 10.7. The van der Waals surface area contributed by atoms with Crippen LogP contribution in [-0.2, 0) is 0 Å². The summed E-state index contributed by atoms with van der Waals surface area (Å²) in [5, 5.41) is 0. The summed E-state index contributed by atoms with van der Waals surface area (Å²) in [6.45, 7) is 1.72. The van der Waals surface area contributed by atoms with Crippen LogP contribution in [0.15, 0.2) is 52.9 Å². The molecule has 2 nitrogen and oxygen atoms in total. The quantitative estimate of drug-likeness (QED) is 0.681. The van der Waals surface area contributed by atoms with Gasteiger partial charge in [-0.15, -0.1) is 0 Å². The van der Waals surface area contributed by atoms with Crippen LogP contribution in [0, 0.1) is 18.6 Å². The predicted molar refractivity (Wildman–Crippen MR) is 72.0 cm³/mol. The van der Waals surface area contributed by atoms with Gasteiger partial charge in [0.2, 0.25) is 0 Å². The molecule has 0 aliphatic rings. The molecule has 100 valence electrons. The number of oxazole rings is 1. The fourth-order valence-electron chi connectivity index (χ4n) is 2.06. The average molecular weight is 271 g/mol. The molecule has 4 heteroatoms. The number of hydrogen-bond acceptors (Lipinski definition) is 2. The molecule has 0 unspecified atom stereocenters. The highest BCUT2D eigenvalue weighted by atomic mass is 19.1. The molecule has 0 atom stereocenters. The second-order valence-electron chi connectivity index (χ2n) is 4.43. The van der Waals surface area contributed by atoms with Crippen molar-refractivity contribution >= 4 is 0 Å². The molecule has 0 aliphatic carbocycles. The summed E-state index contributed by atoms with van der Waals surface area (Å²) in [5.74, 6) is 0.292. The first-order valence-corrected chi connectivity index (χ1v) is 6.13. The lowest BCUT2D eigenvalue weighted by Gasteiger charge is -2.02. The van der Waals surface area contributed by atoms with Gasteiger partial charge in [0.05, 0.1) is 0 Å². The molecular weight excluding hydrogens is 260 g/mol. The molecule has 0 amide bonds. The summed E-state index contributed by atoms with van der Waals surface area (Å²) in [4.78, 5) is 4.31. The largest absolute Gasteiger partial charge is 0.440 e. The van der Waals surface area contributed by atoms with E-state index < -0.39 is 0 Å². The van der Waals surface area contributed by atoms with Crippen LogP contribution in [0.3, 0.4) is 0 Å². The molecule has 1 heterocycles. The van der Waals surface area contributed by atoms with Gasteiger partial charge in [-0.1, -0.05) is 12.1 Å². The predicted octanol–water partition coefficient (Wildman–Crippen LogP) is 4.60. The Hall–Kier alpha value is -2.49. The van der Waals surface area contributed by atoms with Gasteiger partial charge in [-0.25, -0.2) is 13.8 Å². The van der Waals surface area contributed by atoms with Crippen molar-refractivity contribution in [2.75, 3.05) is 0 Å². The van der Waals surface area contributed by atoms with E-state index in [0.717, 1.165) is 5.56 Å². The van der Waals surface area contributed by atoms with Crippen molar-refractivity contribution in [2.45, 2.75) is 6.92 Å². The molecular formula is C16H11F2NO. The normalized spacial score (nSPS) is 10.8. The molecule has 0 spiro atoms. The van der Waals surface area contributed by atoms with E-state index in [9.17, 15) is 8.78 Å². The van der Waals surface area contributed by atoms with Crippen molar-refractivity contribution in [1.82, 2.24) is 4.98 Å². The molecule has 0 bridgehead atoms. The van der Waals surface area contributed by atoms with E-state index in [-0.39, 0.29) is 11.6 Å². The lowest BCUT2D eigenvalue weighted by atomic mass is 10.1. The Morgan fingerprint density at radius 3 is 2.35 bits per heavy atom. The number of rotatable bonds is 2. The van der Waals surface area contributed by atoms with Crippen LogP contribution in [0.25, 0.3) is 22.6 Å². The fraction of sp³-hybridized carbons (Fsp3) is 0.0625. The van der Waals surface area contributed by atoms with Gasteiger partial charge in [0.1, 0.15) is 17.3 Å². The highest BCUT2D eigenvalue weighted by Gasteiger charge is 2.15. The average Bonchev–Trinajstić information content (AvgIpc) is 2.82. The van der Waals surface area contributed by atoms with E-state index in [0.29, 0.717) is 22.9 Å². The zero-order valence-electron chi connectivity index (χ0n) is 10.7. The van der Waals surface area contributed by atoms with Gasteiger partial charge in [-0.2, -0.15) is 0 Å². The van der Waals surface area contributed by atoms with E-state index in [1.807, 2.05) is 0 Å². The minimum Gasteiger partial charge on any atom is -0.440 e. The monoisotopic (exact) mass is 271 g/mol. The molecule has 3 aromatic rings. The SMILES string of the molecule is Cc1nc(-c2ccc(F)cc2)c(-c2cccc(F)c2)o1. The third-order valence-electron chi connectivity index (χ3n) is 2.94. The Balaban J connectivity index is 2.15. The maximum Gasteiger partial charge on any atom is 0.192 e. The lowest BCUT2D eigenvalue weighted by Crippen LogP contribution is -1.84. The third kappa shape index (κ3) is 2.32. The summed E-state index contributed by atoms with van der Waals surface area (Å²) >= 11 is 0. The number of aromatic nitrogens is 1. The molecule has 0 fully saturated rings. The van der Waals surface area contributed by atoms with Crippen molar-refractivity contribution in [1.29, 1.82) is 0 Å². The standard InChI is InChI=1S/C16H11F2NO/c1-10-19-15(11-5-7-13(17)8-6-11)16(20-10)12-3-2-4-14(18)9-12/h2-9H,1H3. The minimum atomic E-state index is -0.346. The fourth-order valence-corrected chi connectivity index (χ4v) is 2.06. The maximum absolute atomic E-state index is 13.3. The van der Waals surface area contributed by atoms with Gasteiger partial charge in [0, 0.05) is 18.1 Å². The van der Waals surface area contributed by atoms with Gasteiger partial charge in [-0.05, 0) is 36.4 Å². The van der Waals surface area contributed by atoms with Crippen LogP contribution in [0.2, 0.25) is 0 Å². The number of benzene rings is 2. The Bertz CT molecular complexity index is 747. The van der Waals surface area contributed by atoms with Crippen LogP contribution in [0.1, 0.15) is 5.89 Å². The van der Waals surface area contributed by atoms with E-state index >= 15 is 0 Å². The highest BCUT2D eigenvalue weighted by molar-refractivity contribution is 5.76. The summed E-state index contributed by atoms with van der Waals surface area (Å²) in [6, 6.07) is 12.1. The summed E-state index contributed by atoms with van der Waals surface area (Å²) < 4.78 is 31.9. The molecule has 0 N–H and O–H groups in total. The Morgan fingerprint density at radius 2 is 1.65 bits per heavy atom. The third-order valence-corrected chi connectivity index (χ3v) is 2.94. The molecule has 3 rings (SSSR count). The Labute approximate surface area is 114 Å². The smallest absolute Gasteiger partial charge is 0.192 e. The summed E-state index contributed by atoms with van der Waals surface area (Å²) in [6.07, 6.45) is 0. The van der Waals surface area contributed by atoms with Gasteiger partial charge < -0.3 is 4.42 Å². The molecule has 0 saturated heterocycles. The summed E-state index contributed by atoms with van der Waals surface area (Å²) in [7, 11) is 0. The number of aryl methyl sites for hydroxylation is 1. The first-order valence-electron chi connectivity index (χ1n) is 6.13. The minimum absolute atomic E-state index is 0.318. The van der Waals surface area contributed by atoms with Gasteiger partial charge in [0.15, 0.2) is 11.7 Å². The maximum atomic E-state index is 13.3. The van der Waals surface area contributed by atoms with E-state index in [2.05, 4.69) is 4.98 Å². The van der Waals surface area contributed by atoms with Crippen molar-refractivity contribution in [3.05, 3.63) is 66.1 Å². The van der Waals surface area contributed by atoms with Gasteiger partial charge in [0.25, 0.3) is 0 Å². The van der Waals surface area contributed by atoms with Crippen LogP contribution in [-0.4, -0.2) is 4.98 Å². The zero-order chi connectivity index (χ0) is 14.1. The number of hydrogen-bond donors (Lipinski definition) is 0. The van der Waals surface area contributed by atoms with Crippen molar-refractivity contribution in [2.24, 2.45) is 0 Å². The Kier molecular flexibility index (Phi) is 3.06. The molecule has 0 saturated carbocycles. The number of nitrogens with zero attached hydrogens (tertiary/aromatic N) is 1.